The van der Waals surface area contributed by atoms with Crippen molar-refractivity contribution in [2.24, 2.45) is 0 Å². The zero-order chi connectivity index (χ0) is 19.8. The summed E-state index contributed by atoms with van der Waals surface area (Å²) in [5, 5.41) is 5.77. The summed E-state index contributed by atoms with van der Waals surface area (Å²) < 4.78 is 18.5. The van der Waals surface area contributed by atoms with E-state index in [1.807, 2.05) is 35.7 Å². The molecule has 1 heterocycles. The molecule has 2 aromatic carbocycles. The smallest absolute Gasteiger partial charge is 0.226 e. The van der Waals surface area contributed by atoms with Crippen LogP contribution in [0.5, 0.6) is 5.75 Å². The number of nitrogens with one attached hydrogen (secondary N) is 1. The molecule has 0 fully saturated rings. The predicted octanol–water partition coefficient (Wildman–Crippen LogP) is 5.06. The molecule has 0 aliphatic heterocycles. The summed E-state index contributed by atoms with van der Waals surface area (Å²) >= 11 is 1.45. The number of carbonyl (C=O) groups is 1. The number of halogens is 1. The van der Waals surface area contributed by atoms with Gasteiger partial charge in [-0.25, -0.2) is 9.37 Å². The van der Waals surface area contributed by atoms with Gasteiger partial charge in [0.2, 0.25) is 5.91 Å². The Morgan fingerprint density at radius 3 is 2.64 bits per heavy atom. The highest BCUT2D eigenvalue weighted by atomic mass is 32.1. The summed E-state index contributed by atoms with van der Waals surface area (Å²) in [6.45, 7) is 2.40. The van der Waals surface area contributed by atoms with Crippen molar-refractivity contribution in [1.82, 2.24) is 10.3 Å². The molecule has 146 valence electrons. The van der Waals surface area contributed by atoms with Crippen LogP contribution >= 0.6 is 11.3 Å². The van der Waals surface area contributed by atoms with Gasteiger partial charge in [-0.15, -0.1) is 11.3 Å². The van der Waals surface area contributed by atoms with E-state index in [4.69, 9.17) is 4.74 Å². The third-order valence-electron chi connectivity index (χ3n) is 4.23. The second-order valence-corrected chi connectivity index (χ2v) is 7.41. The zero-order valence-electron chi connectivity index (χ0n) is 15.7. The molecule has 0 bridgehead atoms. The number of ether oxygens (including phenoxy) is 1. The van der Waals surface area contributed by atoms with Crippen molar-refractivity contribution in [2.45, 2.75) is 38.8 Å². The van der Waals surface area contributed by atoms with Crippen molar-refractivity contribution < 1.29 is 13.9 Å². The first-order chi connectivity index (χ1) is 13.6. The van der Waals surface area contributed by atoms with Crippen molar-refractivity contribution in [3.63, 3.8) is 0 Å². The van der Waals surface area contributed by atoms with E-state index in [0.717, 1.165) is 29.1 Å². The van der Waals surface area contributed by atoms with Crippen LogP contribution < -0.4 is 10.1 Å². The van der Waals surface area contributed by atoms with Crippen LogP contribution in [0.15, 0.2) is 60.0 Å². The van der Waals surface area contributed by atoms with Gasteiger partial charge < -0.3 is 10.1 Å². The molecule has 1 unspecified atom stereocenters. The van der Waals surface area contributed by atoms with E-state index in [1.165, 1.54) is 23.5 Å². The largest absolute Gasteiger partial charge is 0.486 e. The maximum Gasteiger partial charge on any atom is 0.226 e. The number of rotatable bonds is 9. The number of thiazole rings is 1. The fraction of sp³-hybridized carbons (Fsp3) is 0.273. The molecule has 0 saturated carbocycles. The molecule has 0 radical (unpaired) electrons. The van der Waals surface area contributed by atoms with Crippen LogP contribution in [0.4, 0.5) is 4.39 Å². The summed E-state index contributed by atoms with van der Waals surface area (Å²) in [6.07, 6.45) is 2.12. The number of benzene rings is 2. The Balaban J connectivity index is 1.53. The summed E-state index contributed by atoms with van der Waals surface area (Å²) in [6, 6.07) is 15.9. The van der Waals surface area contributed by atoms with Gasteiger partial charge in [-0.3, -0.25) is 4.79 Å². The minimum Gasteiger partial charge on any atom is -0.486 e. The van der Waals surface area contributed by atoms with Gasteiger partial charge in [0.1, 0.15) is 23.2 Å². The molecule has 3 rings (SSSR count). The van der Waals surface area contributed by atoms with Gasteiger partial charge >= 0.3 is 0 Å². The SMILES string of the molecule is CCCC(NC(=O)Cc1csc(COc2ccc(F)cc2)n1)c1ccccc1. The van der Waals surface area contributed by atoms with Gasteiger partial charge in [0.15, 0.2) is 0 Å². The van der Waals surface area contributed by atoms with Gasteiger partial charge in [0.25, 0.3) is 0 Å². The van der Waals surface area contributed by atoms with Crippen molar-refractivity contribution in [1.29, 1.82) is 0 Å². The van der Waals surface area contributed by atoms with E-state index in [2.05, 4.69) is 17.2 Å². The third kappa shape index (κ3) is 5.89. The lowest BCUT2D eigenvalue weighted by molar-refractivity contribution is -0.121. The molecular formula is C22H23FN2O2S. The van der Waals surface area contributed by atoms with Gasteiger partial charge in [0.05, 0.1) is 18.2 Å². The first kappa shape index (κ1) is 20.0. The van der Waals surface area contributed by atoms with Crippen molar-refractivity contribution in [3.05, 3.63) is 82.1 Å². The first-order valence-corrected chi connectivity index (χ1v) is 10.2. The summed E-state index contributed by atoms with van der Waals surface area (Å²) in [5.74, 6) is 0.242. The molecule has 0 saturated heterocycles. The van der Waals surface area contributed by atoms with Gasteiger partial charge in [-0.05, 0) is 36.2 Å². The van der Waals surface area contributed by atoms with Gasteiger partial charge in [0, 0.05) is 5.38 Å². The Morgan fingerprint density at radius 1 is 1.18 bits per heavy atom. The highest BCUT2D eigenvalue weighted by molar-refractivity contribution is 7.09. The van der Waals surface area contributed by atoms with Crippen LogP contribution in [0.1, 0.15) is 42.1 Å². The Morgan fingerprint density at radius 2 is 1.93 bits per heavy atom. The molecule has 3 aromatic rings. The number of hydrogen-bond acceptors (Lipinski definition) is 4. The molecular weight excluding hydrogens is 375 g/mol. The van der Waals surface area contributed by atoms with E-state index in [-0.39, 0.29) is 24.2 Å². The Bertz CT molecular complexity index is 881. The maximum absolute atomic E-state index is 12.9. The Labute approximate surface area is 168 Å². The van der Waals surface area contributed by atoms with Crippen molar-refractivity contribution >= 4 is 17.2 Å². The Kier molecular flexibility index (Phi) is 7.14. The van der Waals surface area contributed by atoms with Crippen LogP contribution in [-0.2, 0) is 17.8 Å². The second-order valence-electron chi connectivity index (χ2n) is 6.47. The van der Waals surface area contributed by atoms with Crippen molar-refractivity contribution in [2.75, 3.05) is 0 Å². The molecule has 28 heavy (non-hydrogen) atoms. The minimum absolute atomic E-state index is 0.0126. The van der Waals surface area contributed by atoms with E-state index in [9.17, 15) is 9.18 Å². The zero-order valence-corrected chi connectivity index (χ0v) is 16.5. The number of aromatic nitrogens is 1. The molecule has 0 spiro atoms. The van der Waals surface area contributed by atoms with Crippen LogP contribution in [0, 0.1) is 5.82 Å². The molecule has 1 amide bonds. The average Bonchev–Trinajstić information content (AvgIpc) is 3.15. The number of carbonyl (C=O) groups excluding carboxylic acids is 1. The lowest BCUT2D eigenvalue weighted by Gasteiger charge is -2.18. The van der Waals surface area contributed by atoms with Gasteiger partial charge in [-0.2, -0.15) is 0 Å². The van der Waals surface area contributed by atoms with Crippen LogP contribution in [0.25, 0.3) is 0 Å². The van der Waals surface area contributed by atoms with E-state index in [1.54, 1.807) is 12.1 Å². The van der Waals surface area contributed by atoms with Crippen LogP contribution in [0.2, 0.25) is 0 Å². The normalized spacial score (nSPS) is 11.8. The third-order valence-corrected chi connectivity index (χ3v) is 5.10. The van der Waals surface area contributed by atoms with Crippen LogP contribution in [0.3, 0.4) is 0 Å². The quantitative estimate of drug-likeness (QED) is 0.548. The second kappa shape index (κ2) is 9.99. The molecule has 0 aliphatic rings. The molecule has 0 aliphatic carbocycles. The predicted molar refractivity (Wildman–Crippen MR) is 109 cm³/mol. The topological polar surface area (TPSA) is 51.2 Å². The van der Waals surface area contributed by atoms with Crippen LogP contribution in [-0.4, -0.2) is 10.9 Å². The lowest BCUT2D eigenvalue weighted by Crippen LogP contribution is -2.29. The average molecular weight is 399 g/mol. The summed E-state index contributed by atoms with van der Waals surface area (Å²) in [5.41, 5.74) is 1.84. The highest BCUT2D eigenvalue weighted by Crippen LogP contribution is 2.19. The fourth-order valence-corrected chi connectivity index (χ4v) is 3.58. The van der Waals surface area contributed by atoms with Gasteiger partial charge in [-0.1, -0.05) is 43.7 Å². The minimum atomic E-state index is -0.299. The lowest BCUT2D eigenvalue weighted by atomic mass is 10.0. The fourth-order valence-electron chi connectivity index (χ4n) is 2.88. The molecule has 1 aromatic heterocycles. The number of hydrogen-bond donors (Lipinski definition) is 1. The standard InChI is InChI=1S/C22H23FN2O2S/c1-2-6-20(16-7-4-3-5-8-16)25-21(26)13-18-15-28-22(24-18)14-27-19-11-9-17(23)10-12-19/h3-5,7-12,15,20H,2,6,13-14H2,1H3,(H,25,26). The monoisotopic (exact) mass is 398 g/mol. The summed E-state index contributed by atoms with van der Waals surface area (Å²) in [4.78, 5) is 16.9. The van der Waals surface area contributed by atoms with E-state index < -0.39 is 0 Å². The number of nitrogens with zero attached hydrogens (tertiary/aromatic N) is 1. The molecule has 4 nitrogen and oxygen atoms in total. The molecule has 6 heteroatoms. The Hall–Kier alpha value is -2.73. The number of amides is 1. The first-order valence-electron chi connectivity index (χ1n) is 9.30. The highest BCUT2D eigenvalue weighted by Gasteiger charge is 2.15. The van der Waals surface area contributed by atoms with Crippen molar-refractivity contribution in [3.8, 4) is 5.75 Å². The maximum atomic E-state index is 12.9. The molecule has 1 N–H and O–H groups in total. The van der Waals surface area contributed by atoms with E-state index in [0.29, 0.717) is 12.4 Å². The molecule has 1 atom stereocenters. The summed E-state index contributed by atoms with van der Waals surface area (Å²) in [7, 11) is 0. The van der Waals surface area contributed by atoms with E-state index >= 15 is 0 Å².